The van der Waals surface area contributed by atoms with Crippen LogP contribution in [0.5, 0.6) is 17.2 Å². The Morgan fingerprint density at radius 1 is 0.419 bits per heavy atom. The molecule has 0 spiro atoms. The average molecular weight is 685 g/mol. The molecule has 7 nitrogen and oxygen atoms in total. The summed E-state index contributed by atoms with van der Waals surface area (Å²) in [5.74, 6) is -0.287. The molecule has 0 aliphatic carbocycles. The van der Waals surface area contributed by atoms with Gasteiger partial charge >= 0.3 is 254 Å². The molecule has 0 aliphatic rings. The van der Waals surface area contributed by atoms with Gasteiger partial charge in [-0.1, -0.05) is 0 Å². The molecule has 218 valence electrons. The second kappa shape index (κ2) is 12.6. The Labute approximate surface area is 252 Å². The van der Waals surface area contributed by atoms with Crippen LogP contribution in [-0.4, -0.2) is 51.5 Å². The zero-order valence-electron chi connectivity index (χ0n) is 24.0. The SMILES string of the molecule is COc1cccc[c]1[Sb]([O]C(=O)c1ccccc1)([O]C(=O)c1ccccc1)([c]1ccccc1OC)[c]1ccccc1OC. The summed E-state index contributed by atoms with van der Waals surface area (Å²) in [6.07, 6.45) is 0. The van der Waals surface area contributed by atoms with Gasteiger partial charge in [-0.05, 0) is 0 Å². The monoisotopic (exact) mass is 684 g/mol. The number of rotatable bonds is 10. The van der Waals surface area contributed by atoms with Crippen molar-refractivity contribution in [3.05, 3.63) is 145 Å². The van der Waals surface area contributed by atoms with E-state index >= 15 is 0 Å². The first-order valence-corrected chi connectivity index (χ1v) is 19.4. The van der Waals surface area contributed by atoms with Gasteiger partial charge in [-0.2, -0.15) is 0 Å². The first-order valence-electron chi connectivity index (χ1n) is 13.5. The summed E-state index contributed by atoms with van der Waals surface area (Å²) in [6, 6.07) is 38.5. The Morgan fingerprint density at radius 3 is 1.00 bits per heavy atom. The number of carbonyl (C=O) groups excluding carboxylic acids is 2. The zero-order valence-corrected chi connectivity index (χ0v) is 26.6. The predicted octanol–water partition coefficient (Wildman–Crippen LogP) is 4.84. The van der Waals surface area contributed by atoms with Crippen molar-refractivity contribution in [2.75, 3.05) is 21.3 Å². The van der Waals surface area contributed by atoms with Gasteiger partial charge < -0.3 is 0 Å². The third kappa shape index (κ3) is 5.21. The summed E-state index contributed by atoms with van der Waals surface area (Å²) in [5.41, 5.74) is 0.548. The van der Waals surface area contributed by atoms with Gasteiger partial charge in [0.15, 0.2) is 0 Å². The maximum absolute atomic E-state index is 14.4. The van der Waals surface area contributed by atoms with E-state index in [1.165, 1.54) is 21.3 Å². The predicted molar refractivity (Wildman–Crippen MR) is 167 cm³/mol. The third-order valence-electron chi connectivity index (χ3n) is 7.10. The molecule has 0 N–H and O–H groups in total. The van der Waals surface area contributed by atoms with E-state index in [0.29, 0.717) is 27.8 Å². The molecule has 0 aliphatic heterocycles. The van der Waals surface area contributed by atoms with Crippen LogP contribution >= 0.6 is 0 Å². The molecule has 8 heteroatoms. The van der Waals surface area contributed by atoms with E-state index in [1.807, 2.05) is 0 Å². The van der Waals surface area contributed by atoms with Crippen LogP contribution in [0.4, 0.5) is 0 Å². The Balaban J connectivity index is 2.04. The van der Waals surface area contributed by atoms with E-state index < -0.39 is 30.2 Å². The molecule has 0 amide bonds. The summed E-state index contributed by atoms with van der Waals surface area (Å²) in [7, 11) is 4.55. The minimum absolute atomic E-state index is 0.274. The molecule has 0 atom stereocenters. The second-order valence-corrected chi connectivity index (χ2v) is 20.1. The normalized spacial score (nSPS) is 11.8. The van der Waals surface area contributed by atoms with Crippen molar-refractivity contribution in [3.63, 3.8) is 0 Å². The van der Waals surface area contributed by atoms with E-state index in [1.54, 1.807) is 133 Å². The maximum atomic E-state index is 14.4. The van der Waals surface area contributed by atoms with Crippen molar-refractivity contribution in [2.45, 2.75) is 0 Å². The molecule has 0 radical (unpaired) electrons. The second-order valence-electron chi connectivity index (χ2n) is 9.46. The number of hydrogen-bond acceptors (Lipinski definition) is 7. The molecule has 0 saturated carbocycles. The Hall–Kier alpha value is -4.74. The molecule has 0 bridgehead atoms. The van der Waals surface area contributed by atoms with E-state index in [2.05, 4.69) is 0 Å². The van der Waals surface area contributed by atoms with Gasteiger partial charge in [0.1, 0.15) is 0 Å². The number of ether oxygens (including phenoxy) is 3. The number of methoxy groups -OCH3 is 3. The molecule has 0 unspecified atom stereocenters. The molecule has 0 saturated heterocycles. The Morgan fingerprint density at radius 2 is 0.698 bits per heavy atom. The average Bonchev–Trinajstić information content (AvgIpc) is 3.08. The van der Waals surface area contributed by atoms with Crippen LogP contribution in [0, 0.1) is 0 Å². The fourth-order valence-corrected chi connectivity index (χ4v) is 19.5. The molecular weight excluding hydrogens is 654 g/mol. The first kappa shape index (κ1) is 29.7. The quantitative estimate of drug-likeness (QED) is 0.195. The summed E-state index contributed by atoms with van der Waals surface area (Å²) < 4.78 is 32.9. The Bertz CT molecular complexity index is 1560. The Kier molecular flexibility index (Phi) is 8.74. The molecule has 5 rings (SSSR count). The van der Waals surface area contributed by atoms with Gasteiger partial charge in [-0.25, -0.2) is 0 Å². The van der Waals surface area contributed by atoms with Crippen molar-refractivity contribution < 1.29 is 29.8 Å². The summed E-state index contributed by atoms with van der Waals surface area (Å²) in [5, 5.41) is 0. The van der Waals surface area contributed by atoms with Crippen LogP contribution in [0.3, 0.4) is 0 Å². The van der Waals surface area contributed by atoms with Crippen molar-refractivity contribution in [1.29, 1.82) is 0 Å². The van der Waals surface area contributed by atoms with Gasteiger partial charge in [-0.3, -0.25) is 0 Å². The molecule has 5 aromatic rings. The van der Waals surface area contributed by atoms with Crippen molar-refractivity contribution >= 4 is 40.7 Å². The van der Waals surface area contributed by atoms with E-state index in [4.69, 9.17) is 20.2 Å². The van der Waals surface area contributed by atoms with Crippen molar-refractivity contribution in [3.8, 4) is 17.2 Å². The molecule has 0 fully saturated rings. The summed E-state index contributed by atoms with van der Waals surface area (Å²) >= 11 is -6.56. The molecule has 43 heavy (non-hydrogen) atoms. The minimum atomic E-state index is -6.56. The first-order chi connectivity index (χ1) is 21.0. The number of para-hydroxylation sites is 3. The van der Waals surface area contributed by atoms with Crippen LogP contribution in [0.1, 0.15) is 20.7 Å². The van der Waals surface area contributed by atoms with Crippen molar-refractivity contribution in [1.82, 2.24) is 0 Å². The molecule has 0 aromatic heterocycles. The van der Waals surface area contributed by atoms with E-state index in [9.17, 15) is 9.59 Å². The summed E-state index contributed by atoms with van der Waals surface area (Å²) in [6.45, 7) is 0. The van der Waals surface area contributed by atoms with Crippen LogP contribution in [-0.2, 0) is 6.03 Å². The van der Waals surface area contributed by atoms with Gasteiger partial charge in [-0.15, -0.1) is 0 Å². The molecular formula is C35H31O7Sb. The topological polar surface area (TPSA) is 80.3 Å². The number of benzene rings is 5. The number of hydrogen-bond donors (Lipinski definition) is 0. The van der Waals surface area contributed by atoms with Crippen LogP contribution in [0.25, 0.3) is 0 Å². The zero-order chi connectivity index (χ0) is 30.3. The van der Waals surface area contributed by atoms with Gasteiger partial charge in [0.05, 0.1) is 0 Å². The van der Waals surface area contributed by atoms with Gasteiger partial charge in [0.25, 0.3) is 0 Å². The third-order valence-corrected chi connectivity index (χ3v) is 20.7. The van der Waals surface area contributed by atoms with Crippen LogP contribution in [0.2, 0.25) is 0 Å². The fraction of sp³-hybridized carbons (Fsp3) is 0.0857. The van der Waals surface area contributed by atoms with E-state index in [-0.39, 0.29) is 11.1 Å². The van der Waals surface area contributed by atoms with Gasteiger partial charge in [0.2, 0.25) is 0 Å². The molecule has 5 aromatic carbocycles. The van der Waals surface area contributed by atoms with Crippen LogP contribution in [0.15, 0.2) is 133 Å². The molecule has 0 heterocycles. The standard InChI is InChI=1S/2C7H6O2.3C7H7O.Sb/c2*8-7(9)6-4-2-1-3-5-6;3*1-8-7-5-3-2-4-6-7;/h2*1-5H,(H,8,9);3*2-5H,1H3;/q;;;;;+2/p-2. The van der Waals surface area contributed by atoms with E-state index in [0.717, 1.165) is 0 Å². The fourth-order valence-electron chi connectivity index (χ4n) is 5.17. The van der Waals surface area contributed by atoms with Crippen LogP contribution < -0.4 is 24.7 Å². The van der Waals surface area contributed by atoms with Gasteiger partial charge in [0, 0.05) is 0 Å². The number of carbonyl (C=O) groups is 2. The van der Waals surface area contributed by atoms with Crippen molar-refractivity contribution in [2.24, 2.45) is 0 Å². The summed E-state index contributed by atoms with van der Waals surface area (Å²) in [4.78, 5) is 28.8.